The van der Waals surface area contributed by atoms with Gasteiger partial charge in [-0.2, -0.15) is 0 Å². The van der Waals surface area contributed by atoms with Gasteiger partial charge in [0.25, 0.3) is 0 Å². The van der Waals surface area contributed by atoms with Crippen LogP contribution in [0.15, 0.2) is 21.5 Å². The van der Waals surface area contributed by atoms with E-state index in [9.17, 15) is 18.0 Å². The quantitative estimate of drug-likeness (QED) is 0.842. The van der Waals surface area contributed by atoms with Gasteiger partial charge in [0.05, 0.1) is 10.5 Å². The Kier molecular flexibility index (Phi) is 5.52. The fourth-order valence-corrected chi connectivity index (χ4v) is 3.80. The lowest BCUT2D eigenvalue weighted by atomic mass is 10.1. The van der Waals surface area contributed by atoms with Gasteiger partial charge in [-0.25, -0.2) is 13.2 Å². The number of aromatic carboxylic acids is 1. The average Bonchev–Trinajstić information content (AvgIpc) is 2.39. The number of carbonyl (C=O) groups excluding carboxylic acids is 1. The highest BCUT2D eigenvalue weighted by molar-refractivity contribution is 9.10. The summed E-state index contributed by atoms with van der Waals surface area (Å²) in [5, 5.41) is 9.01. The van der Waals surface area contributed by atoms with Gasteiger partial charge in [-0.1, -0.05) is 15.9 Å². The van der Waals surface area contributed by atoms with Crippen LogP contribution in [0.1, 0.15) is 22.8 Å². The first-order chi connectivity index (χ1) is 9.60. The molecule has 0 saturated carbocycles. The number of carbonyl (C=O) groups is 2. The lowest BCUT2D eigenvalue weighted by Gasteiger charge is -2.15. The third-order valence-electron chi connectivity index (χ3n) is 3.09. The van der Waals surface area contributed by atoms with Crippen LogP contribution < -0.4 is 0 Å². The highest BCUT2D eigenvalue weighted by Crippen LogP contribution is 2.26. The molecule has 0 bridgehead atoms. The van der Waals surface area contributed by atoms with Crippen LogP contribution in [0.2, 0.25) is 0 Å². The largest absolute Gasteiger partial charge is 0.478 e. The molecule has 1 aromatic carbocycles. The summed E-state index contributed by atoms with van der Waals surface area (Å²) in [7, 11) is -2.40. The van der Waals surface area contributed by atoms with E-state index in [1.807, 2.05) is 0 Å². The Morgan fingerprint density at radius 2 is 1.90 bits per heavy atom. The fraction of sp³-hybridized carbons (Fsp3) is 0.385. The summed E-state index contributed by atoms with van der Waals surface area (Å²) in [5.41, 5.74) is 0.231. The fourth-order valence-electron chi connectivity index (χ4n) is 1.63. The maximum absolute atomic E-state index is 12.3. The van der Waals surface area contributed by atoms with Crippen LogP contribution >= 0.6 is 15.9 Å². The molecule has 0 unspecified atom stereocenters. The van der Waals surface area contributed by atoms with Crippen molar-refractivity contribution in [2.24, 2.45) is 0 Å². The van der Waals surface area contributed by atoms with E-state index in [1.165, 1.54) is 18.0 Å². The molecule has 0 saturated heterocycles. The first-order valence-corrected chi connectivity index (χ1v) is 8.54. The van der Waals surface area contributed by atoms with Crippen molar-refractivity contribution in [2.45, 2.75) is 18.7 Å². The molecule has 0 aliphatic rings. The van der Waals surface area contributed by atoms with Crippen molar-refractivity contribution >= 4 is 37.6 Å². The predicted octanol–water partition coefficient (Wildman–Crippen LogP) is 1.71. The smallest absolute Gasteiger partial charge is 0.335 e. The van der Waals surface area contributed by atoms with Crippen molar-refractivity contribution in [3.05, 3.63) is 27.7 Å². The van der Waals surface area contributed by atoms with Gasteiger partial charge in [-0.05, 0) is 31.5 Å². The van der Waals surface area contributed by atoms with Gasteiger partial charge in [-0.15, -0.1) is 0 Å². The molecule has 0 spiro atoms. The Hall–Kier alpha value is -1.41. The van der Waals surface area contributed by atoms with Crippen LogP contribution in [0, 0.1) is 6.92 Å². The van der Waals surface area contributed by atoms with Gasteiger partial charge < -0.3 is 10.0 Å². The van der Waals surface area contributed by atoms with E-state index in [1.54, 1.807) is 13.8 Å². The van der Waals surface area contributed by atoms with Crippen LogP contribution in [0.3, 0.4) is 0 Å². The number of halogens is 1. The van der Waals surface area contributed by atoms with E-state index in [0.29, 0.717) is 16.6 Å². The second-order valence-electron chi connectivity index (χ2n) is 4.55. The third-order valence-corrected chi connectivity index (χ3v) is 5.64. The topological polar surface area (TPSA) is 91.8 Å². The van der Waals surface area contributed by atoms with Gasteiger partial charge in [0.15, 0.2) is 9.84 Å². The highest BCUT2D eigenvalue weighted by atomic mass is 79.9. The van der Waals surface area contributed by atoms with E-state index in [2.05, 4.69) is 15.9 Å². The van der Waals surface area contributed by atoms with Crippen molar-refractivity contribution in [1.29, 1.82) is 0 Å². The molecule has 21 heavy (non-hydrogen) atoms. The van der Waals surface area contributed by atoms with E-state index >= 15 is 0 Å². The molecule has 0 aromatic heterocycles. The molecule has 1 amide bonds. The van der Waals surface area contributed by atoms with Crippen LogP contribution in [-0.4, -0.2) is 49.6 Å². The summed E-state index contributed by atoms with van der Waals surface area (Å²) in [4.78, 5) is 24.0. The molecule has 1 N–H and O–H groups in total. The summed E-state index contributed by atoms with van der Waals surface area (Å²) in [5.74, 6) is -2.45. The third kappa shape index (κ3) is 4.04. The molecule has 6 nitrogen and oxygen atoms in total. The Morgan fingerprint density at radius 3 is 2.38 bits per heavy atom. The maximum atomic E-state index is 12.3. The van der Waals surface area contributed by atoms with Crippen LogP contribution in [0.4, 0.5) is 0 Å². The van der Waals surface area contributed by atoms with Crippen molar-refractivity contribution in [2.75, 3.05) is 19.3 Å². The Balaban J connectivity index is 3.31. The number of sulfone groups is 1. The van der Waals surface area contributed by atoms with E-state index in [-0.39, 0.29) is 10.5 Å². The molecule has 0 radical (unpaired) electrons. The number of hydrogen-bond donors (Lipinski definition) is 1. The molecule has 116 valence electrons. The number of benzene rings is 1. The summed E-state index contributed by atoms with van der Waals surface area (Å²) in [6, 6.07) is 2.41. The molecule has 0 atom stereocenters. The monoisotopic (exact) mass is 377 g/mol. The average molecular weight is 378 g/mol. The minimum absolute atomic E-state index is 0.146. The van der Waals surface area contributed by atoms with Crippen molar-refractivity contribution in [1.82, 2.24) is 4.90 Å². The van der Waals surface area contributed by atoms with Crippen molar-refractivity contribution in [3.8, 4) is 0 Å². The summed E-state index contributed by atoms with van der Waals surface area (Å²) < 4.78 is 25.1. The lowest BCUT2D eigenvalue weighted by molar-refractivity contribution is -0.126. The molecular weight excluding hydrogens is 362 g/mol. The minimum Gasteiger partial charge on any atom is -0.478 e. The molecule has 0 heterocycles. The van der Waals surface area contributed by atoms with E-state index < -0.39 is 27.5 Å². The van der Waals surface area contributed by atoms with Gasteiger partial charge in [0.2, 0.25) is 5.91 Å². The van der Waals surface area contributed by atoms with E-state index in [0.717, 1.165) is 6.07 Å². The molecule has 1 rings (SSSR count). The van der Waals surface area contributed by atoms with Crippen molar-refractivity contribution < 1.29 is 23.1 Å². The lowest BCUT2D eigenvalue weighted by Crippen LogP contribution is -2.32. The molecule has 8 heteroatoms. The first-order valence-electron chi connectivity index (χ1n) is 6.10. The van der Waals surface area contributed by atoms with E-state index in [4.69, 9.17) is 5.11 Å². The number of amides is 1. The molecule has 0 fully saturated rings. The number of nitrogens with zero attached hydrogens (tertiary/aromatic N) is 1. The van der Waals surface area contributed by atoms with Crippen LogP contribution in [0.25, 0.3) is 0 Å². The SMILES string of the molecule is CCN(C)C(=O)CS(=O)(=O)c1cc(C(=O)O)cc(Br)c1C. The highest BCUT2D eigenvalue weighted by Gasteiger charge is 2.25. The number of carboxylic acids is 1. The minimum atomic E-state index is -3.91. The number of hydrogen-bond acceptors (Lipinski definition) is 4. The maximum Gasteiger partial charge on any atom is 0.335 e. The Morgan fingerprint density at radius 1 is 1.33 bits per heavy atom. The van der Waals surface area contributed by atoms with Crippen LogP contribution in [-0.2, 0) is 14.6 Å². The van der Waals surface area contributed by atoms with Crippen LogP contribution in [0.5, 0.6) is 0 Å². The molecule has 0 aliphatic carbocycles. The van der Waals surface area contributed by atoms with Gasteiger partial charge >= 0.3 is 5.97 Å². The zero-order chi connectivity index (χ0) is 16.4. The molecule has 0 aliphatic heterocycles. The van der Waals surface area contributed by atoms with Gasteiger partial charge in [0.1, 0.15) is 5.75 Å². The normalized spacial score (nSPS) is 11.2. The predicted molar refractivity (Wildman–Crippen MR) is 81.2 cm³/mol. The number of carboxylic acid groups (broad SMARTS) is 1. The zero-order valence-corrected chi connectivity index (χ0v) is 14.3. The van der Waals surface area contributed by atoms with Crippen molar-refractivity contribution in [3.63, 3.8) is 0 Å². The second kappa shape index (κ2) is 6.57. The van der Waals surface area contributed by atoms with Gasteiger partial charge in [0, 0.05) is 18.1 Å². The number of rotatable bonds is 5. The summed E-state index contributed by atoms with van der Waals surface area (Å²) >= 11 is 3.14. The zero-order valence-electron chi connectivity index (χ0n) is 11.9. The summed E-state index contributed by atoms with van der Waals surface area (Å²) in [6.45, 7) is 3.68. The molecule has 1 aromatic rings. The second-order valence-corrected chi connectivity index (χ2v) is 7.37. The Labute approximate surface area is 131 Å². The summed E-state index contributed by atoms with van der Waals surface area (Å²) in [6.07, 6.45) is 0. The van der Waals surface area contributed by atoms with Gasteiger partial charge in [-0.3, -0.25) is 4.79 Å². The Bertz CT molecular complexity index is 684. The standard InChI is InChI=1S/C13H16BrNO5S/c1-4-15(3)12(16)7-21(19,20)11-6-9(13(17)18)5-10(14)8(11)2/h5-6H,4,7H2,1-3H3,(H,17,18). The molecular formula is C13H16BrNO5S. The first kappa shape index (κ1) is 17.6.